The maximum Gasteiger partial charge on any atom is 0.216 e. The fourth-order valence-corrected chi connectivity index (χ4v) is 1.99. The van der Waals surface area contributed by atoms with Crippen LogP contribution >= 0.6 is 12.2 Å². The van der Waals surface area contributed by atoms with Gasteiger partial charge in [0.2, 0.25) is 4.77 Å². The first-order chi connectivity index (χ1) is 10.2. The molecule has 0 aliphatic heterocycles. The first-order valence-electron chi connectivity index (χ1n) is 6.15. The third-order valence-electron chi connectivity index (χ3n) is 2.76. The van der Waals surface area contributed by atoms with Crippen LogP contribution in [0.4, 0.5) is 0 Å². The van der Waals surface area contributed by atoms with Gasteiger partial charge < -0.3 is 5.11 Å². The minimum atomic E-state index is 0.183. The van der Waals surface area contributed by atoms with Crippen molar-refractivity contribution in [1.29, 1.82) is 0 Å². The Bertz CT molecular complexity index is 838. The number of hydrogen-bond acceptors (Lipinski definition) is 5. The first kappa shape index (κ1) is 13.2. The van der Waals surface area contributed by atoms with Gasteiger partial charge in [-0.05, 0) is 42.0 Å². The number of aromatic amines is 1. The lowest BCUT2D eigenvalue weighted by atomic mass is 10.2. The van der Waals surface area contributed by atoms with E-state index < -0.39 is 0 Å². The summed E-state index contributed by atoms with van der Waals surface area (Å²) in [6.07, 6.45) is 4.97. The second kappa shape index (κ2) is 5.68. The van der Waals surface area contributed by atoms with E-state index >= 15 is 0 Å². The van der Waals surface area contributed by atoms with Gasteiger partial charge in [0.1, 0.15) is 5.75 Å². The Morgan fingerprint density at radius 2 is 2.19 bits per heavy atom. The highest BCUT2D eigenvalue weighted by Gasteiger charge is 2.07. The molecule has 2 heterocycles. The second-order valence-electron chi connectivity index (χ2n) is 4.25. The molecule has 3 aromatic rings. The number of nitrogens with one attached hydrogen (secondary N) is 1. The quantitative estimate of drug-likeness (QED) is 0.575. The summed E-state index contributed by atoms with van der Waals surface area (Å²) in [5, 5.41) is 20.6. The Balaban J connectivity index is 2.00. The van der Waals surface area contributed by atoms with Gasteiger partial charge in [0, 0.05) is 18.0 Å². The second-order valence-corrected chi connectivity index (χ2v) is 4.63. The van der Waals surface area contributed by atoms with Gasteiger partial charge in [-0.2, -0.15) is 14.9 Å². The summed E-state index contributed by atoms with van der Waals surface area (Å²) in [6, 6.07) is 10.5. The lowest BCUT2D eigenvalue weighted by Gasteiger charge is -2.00. The summed E-state index contributed by atoms with van der Waals surface area (Å²) in [4.78, 5) is 4.06. The molecule has 0 spiro atoms. The fraction of sp³-hybridized carbons (Fsp3) is 0. The number of rotatable bonds is 3. The van der Waals surface area contributed by atoms with Crippen molar-refractivity contribution in [3.63, 3.8) is 0 Å². The molecule has 7 heteroatoms. The molecule has 1 aromatic carbocycles. The van der Waals surface area contributed by atoms with Crippen molar-refractivity contribution in [3.8, 4) is 17.1 Å². The monoisotopic (exact) mass is 297 g/mol. The third-order valence-corrected chi connectivity index (χ3v) is 3.03. The smallest absolute Gasteiger partial charge is 0.216 e. The molecular formula is C14H11N5OS. The molecule has 0 radical (unpaired) electrons. The summed E-state index contributed by atoms with van der Waals surface area (Å²) in [5.41, 5.74) is 1.56. The Kier molecular flexibility index (Phi) is 3.57. The van der Waals surface area contributed by atoms with Crippen LogP contribution < -0.4 is 0 Å². The van der Waals surface area contributed by atoms with Gasteiger partial charge in [-0.1, -0.05) is 12.1 Å². The number of aromatic nitrogens is 4. The van der Waals surface area contributed by atoms with Crippen molar-refractivity contribution in [1.82, 2.24) is 19.9 Å². The van der Waals surface area contributed by atoms with Gasteiger partial charge in [-0.15, -0.1) is 0 Å². The van der Waals surface area contributed by atoms with Gasteiger partial charge in [0.15, 0.2) is 5.82 Å². The van der Waals surface area contributed by atoms with Crippen LogP contribution in [0.3, 0.4) is 0 Å². The van der Waals surface area contributed by atoms with E-state index in [4.69, 9.17) is 12.2 Å². The molecule has 0 amide bonds. The average molecular weight is 297 g/mol. The largest absolute Gasteiger partial charge is 0.508 e. The van der Waals surface area contributed by atoms with Crippen LogP contribution in [-0.4, -0.2) is 31.2 Å². The SMILES string of the molecule is Oc1cccc(C=Nn2c(-c3cccnc3)n[nH]c2=S)c1. The zero-order chi connectivity index (χ0) is 14.7. The molecule has 0 atom stereocenters. The molecule has 0 aliphatic rings. The minimum absolute atomic E-state index is 0.183. The molecule has 6 nitrogen and oxygen atoms in total. The standard InChI is InChI=1S/C14H11N5OS/c20-12-5-1-3-10(7-12)8-16-19-13(17-18-14(19)21)11-4-2-6-15-9-11/h1-9,20H,(H,18,21). The number of phenols is 1. The number of phenolic OH excluding ortho intramolecular Hbond substituents is 1. The molecule has 0 aliphatic carbocycles. The molecule has 2 aromatic heterocycles. The molecule has 0 fully saturated rings. The Labute approximate surface area is 125 Å². The molecule has 104 valence electrons. The van der Waals surface area contributed by atoms with Crippen molar-refractivity contribution < 1.29 is 5.11 Å². The molecule has 0 unspecified atom stereocenters. The number of benzene rings is 1. The zero-order valence-corrected chi connectivity index (χ0v) is 11.7. The van der Waals surface area contributed by atoms with E-state index in [-0.39, 0.29) is 5.75 Å². The highest BCUT2D eigenvalue weighted by molar-refractivity contribution is 7.71. The molecule has 3 rings (SSSR count). The Morgan fingerprint density at radius 3 is 2.95 bits per heavy atom. The highest BCUT2D eigenvalue weighted by Crippen LogP contribution is 2.15. The predicted molar refractivity (Wildman–Crippen MR) is 81.7 cm³/mol. The Hall–Kier alpha value is -2.80. The minimum Gasteiger partial charge on any atom is -0.508 e. The number of hydrogen-bond donors (Lipinski definition) is 2. The van der Waals surface area contributed by atoms with Gasteiger partial charge in [-0.25, -0.2) is 5.10 Å². The topological polar surface area (TPSA) is 79.1 Å². The molecular weight excluding hydrogens is 286 g/mol. The first-order valence-corrected chi connectivity index (χ1v) is 6.56. The van der Waals surface area contributed by atoms with Crippen molar-refractivity contribution in [2.75, 3.05) is 0 Å². The van der Waals surface area contributed by atoms with Crippen molar-refractivity contribution in [3.05, 3.63) is 59.1 Å². The molecule has 21 heavy (non-hydrogen) atoms. The van der Waals surface area contributed by atoms with Gasteiger partial charge in [0.05, 0.1) is 6.21 Å². The van der Waals surface area contributed by atoms with E-state index in [1.807, 2.05) is 18.2 Å². The summed E-state index contributed by atoms with van der Waals surface area (Å²) < 4.78 is 1.89. The Morgan fingerprint density at radius 1 is 1.29 bits per heavy atom. The molecule has 0 saturated carbocycles. The summed E-state index contributed by atoms with van der Waals surface area (Å²) in [6.45, 7) is 0. The zero-order valence-electron chi connectivity index (χ0n) is 10.8. The summed E-state index contributed by atoms with van der Waals surface area (Å²) >= 11 is 5.18. The number of H-pyrrole nitrogens is 1. The van der Waals surface area contributed by atoms with Crippen LogP contribution in [0.2, 0.25) is 0 Å². The van der Waals surface area contributed by atoms with E-state index in [1.54, 1.807) is 36.8 Å². The van der Waals surface area contributed by atoms with Gasteiger partial charge in [-0.3, -0.25) is 4.98 Å². The van der Waals surface area contributed by atoms with Gasteiger partial charge in [0.25, 0.3) is 0 Å². The highest BCUT2D eigenvalue weighted by atomic mass is 32.1. The molecule has 0 saturated heterocycles. The summed E-state index contributed by atoms with van der Waals surface area (Å²) in [7, 11) is 0. The predicted octanol–water partition coefficient (Wildman–Crippen LogP) is 2.59. The van der Waals surface area contributed by atoms with Crippen molar-refractivity contribution >= 4 is 18.4 Å². The lowest BCUT2D eigenvalue weighted by Crippen LogP contribution is -1.95. The third kappa shape index (κ3) is 2.87. The lowest BCUT2D eigenvalue weighted by molar-refractivity contribution is 0.475. The maximum absolute atomic E-state index is 9.44. The summed E-state index contributed by atoms with van der Waals surface area (Å²) in [5.74, 6) is 0.756. The van der Waals surface area contributed by atoms with Crippen LogP contribution in [0.5, 0.6) is 5.75 Å². The number of nitrogens with zero attached hydrogens (tertiary/aromatic N) is 4. The normalized spacial score (nSPS) is 11.0. The van der Waals surface area contributed by atoms with E-state index in [2.05, 4.69) is 20.3 Å². The van der Waals surface area contributed by atoms with Gasteiger partial charge >= 0.3 is 0 Å². The van der Waals surface area contributed by atoms with E-state index in [9.17, 15) is 5.11 Å². The molecule has 2 N–H and O–H groups in total. The maximum atomic E-state index is 9.44. The van der Waals surface area contributed by atoms with Crippen LogP contribution in [0, 0.1) is 4.77 Å². The van der Waals surface area contributed by atoms with Crippen molar-refractivity contribution in [2.24, 2.45) is 5.10 Å². The van der Waals surface area contributed by atoms with E-state index in [0.29, 0.717) is 10.6 Å². The average Bonchev–Trinajstić information content (AvgIpc) is 2.87. The van der Waals surface area contributed by atoms with Crippen molar-refractivity contribution in [2.45, 2.75) is 0 Å². The van der Waals surface area contributed by atoms with Crippen LogP contribution in [0.1, 0.15) is 5.56 Å². The van der Waals surface area contributed by atoms with Crippen LogP contribution in [0.25, 0.3) is 11.4 Å². The number of pyridine rings is 1. The molecule has 0 bridgehead atoms. The van der Waals surface area contributed by atoms with E-state index in [0.717, 1.165) is 11.1 Å². The fourth-order valence-electron chi connectivity index (χ4n) is 1.81. The van der Waals surface area contributed by atoms with Crippen LogP contribution in [-0.2, 0) is 0 Å². The van der Waals surface area contributed by atoms with Crippen LogP contribution in [0.15, 0.2) is 53.9 Å². The van der Waals surface area contributed by atoms with E-state index in [1.165, 1.54) is 4.68 Å². The number of aromatic hydroxyl groups is 1.